The summed E-state index contributed by atoms with van der Waals surface area (Å²) in [5, 5.41) is 11.5. The van der Waals surface area contributed by atoms with E-state index in [9.17, 15) is 14.4 Å². The van der Waals surface area contributed by atoms with E-state index in [-0.39, 0.29) is 77.1 Å². The molecule has 1 amide bonds. The summed E-state index contributed by atoms with van der Waals surface area (Å²) in [6, 6.07) is 20.9. The third-order valence-corrected chi connectivity index (χ3v) is 5.71. The van der Waals surface area contributed by atoms with E-state index in [4.69, 9.17) is 19.1 Å². The van der Waals surface area contributed by atoms with Crippen LogP contribution in [-0.4, -0.2) is 35.5 Å². The number of rotatable bonds is 12. The van der Waals surface area contributed by atoms with Crippen LogP contribution < -0.4 is 82.6 Å². The molecule has 0 atom stereocenters. The van der Waals surface area contributed by atoms with Crippen LogP contribution in [0.5, 0.6) is 11.5 Å². The zero-order valence-corrected chi connectivity index (χ0v) is 25.0. The summed E-state index contributed by atoms with van der Waals surface area (Å²) in [6.07, 6.45) is 0.509. The van der Waals surface area contributed by atoms with Gasteiger partial charge in [0.15, 0.2) is 12.3 Å². The molecule has 39 heavy (non-hydrogen) atoms. The van der Waals surface area contributed by atoms with Crippen LogP contribution in [0.25, 0.3) is 11.1 Å². The molecule has 2 N–H and O–H groups in total. The number of nitrogens with zero attached hydrogens (tertiary/aromatic N) is 2. The van der Waals surface area contributed by atoms with Crippen LogP contribution >= 0.6 is 0 Å². The monoisotopic (exact) mass is 557 g/mol. The number of hydrogen-bond donors (Lipinski definition) is 2. The van der Waals surface area contributed by atoms with Gasteiger partial charge in [-0.05, 0) is 71.5 Å². The Kier molecular flexibility index (Phi) is 11.8. The average Bonchev–Trinajstić information content (AvgIpc) is 3.23. The van der Waals surface area contributed by atoms with Gasteiger partial charge in [0.2, 0.25) is 0 Å². The number of nitrogens with one attached hydrogen (secondary N) is 1. The molecule has 0 unspecified atom stereocenters. The normalized spacial score (nSPS) is 10.5. The van der Waals surface area contributed by atoms with Crippen LogP contribution in [0.4, 0.5) is 0 Å². The van der Waals surface area contributed by atoms with E-state index in [0.717, 1.165) is 32.6 Å². The van der Waals surface area contributed by atoms with Crippen LogP contribution in [0.1, 0.15) is 23.1 Å². The van der Waals surface area contributed by atoms with Crippen molar-refractivity contribution in [1.29, 1.82) is 0 Å². The van der Waals surface area contributed by atoms with Gasteiger partial charge in [-0.3, -0.25) is 14.3 Å². The first kappa shape index (κ1) is 30.6. The third-order valence-electron chi connectivity index (χ3n) is 5.71. The second-order valence-electron chi connectivity index (χ2n) is 8.61. The molecule has 1 aromatic heterocycles. The Hall–Kier alpha value is -2.93. The Morgan fingerprint density at radius 1 is 1.00 bits per heavy atom. The maximum Gasteiger partial charge on any atom is 1.00 e. The van der Waals surface area contributed by atoms with Gasteiger partial charge in [-0.25, -0.2) is 4.79 Å². The molecule has 198 valence electrons. The SMILES string of the molecule is Cc1cc(OCC(=O)NCCCO)ccc1-c1cccc(COc2ccc(Cn3oc(=O)[n-]c3=O)cc2)c1.[K+]. The van der Waals surface area contributed by atoms with Gasteiger partial charge < -0.3 is 29.4 Å². The van der Waals surface area contributed by atoms with E-state index in [2.05, 4.69) is 16.4 Å². The minimum Gasteiger partial charge on any atom is -0.489 e. The predicted octanol–water partition coefficient (Wildman–Crippen LogP) is -0.757. The Morgan fingerprint density at radius 3 is 2.46 bits per heavy atom. The van der Waals surface area contributed by atoms with Crippen molar-refractivity contribution < 1.29 is 75.3 Å². The Labute approximate surface area is 267 Å². The van der Waals surface area contributed by atoms with E-state index in [1.807, 2.05) is 43.3 Å². The molecule has 0 aliphatic heterocycles. The van der Waals surface area contributed by atoms with Crippen molar-refractivity contribution in [2.75, 3.05) is 19.8 Å². The van der Waals surface area contributed by atoms with E-state index < -0.39 is 11.4 Å². The summed E-state index contributed by atoms with van der Waals surface area (Å²) in [5.41, 5.74) is 4.12. The smallest absolute Gasteiger partial charge is 0.489 e. The van der Waals surface area contributed by atoms with Crippen LogP contribution in [-0.2, 0) is 17.9 Å². The molecule has 4 rings (SSSR count). The summed E-state index contributed by atoms with van der Waals surface area (Å²) < 4.78 is 17.2. The van der Waals surface area contributed by atoms with Gasteiger partial charge in [0.1, 0.15) is 18.1 Å². The number of aryl methyl sites for hydroxylation is 1. The molecule has 10 nitrogen and oxygen atoms in total. The van der Waals surface area contributed by atoms with Gasteiger partial charge in [-0.15, -0.1) is 0 Å². The fraction of sp³-hybridized carbons (Fsp3) is 0.250. The van der Waals surface area contributed by atoms with Gasteiger partial charge in [0, 0.05) is 19.7 Å². The van der Waals surface area contributed by atoms with E-state index in [1.54, 1.807) is 24.3 Å². The number of benzene rings is 3. The Morgan fingerprint density at radius 2 is 1.77 bits per heavy atom. The van der Waals surface area contributed by atoms with Crippen LogP contribution in [0.2, 0.25) is 0 Å². The molecule has 1 heterocycles. The number of amides is 1. The molecule has 3 aromatic carbocycles. The fourth-order valence-corrected chi connectivity index (χ4v) is 3.80. The van der Waals surface area contributed by atoms with Crippen molar-refractivity contribution in [1.82, 2.24) is 15.0 Å². The Balaban J connectivity index is 0.00000420. The molecule has 0 aliphatic rings. The largest absolute Gasteiger partial charge is 1.00 e. The zero-order chi connectivity index (χ0) is 26.9. The molecule has 4 aromatic rings. The quantitative estimate of drug-likeness (QED) is 0.172. The van der Waals surface area contributed by atoms with Crippen molar-refractivity contribution >= 4 is 5.91 Å². The van der Waals surface area contributed by atoms with Crippen molar-refractivity contribution in [3.63, 3.8) is 0 Å². The Bertz CT molecular complexity index is 1490. The van der Waals surface area contributed by atoms with E-state index in [1.165, 1.54) is 0 Å². The molecule has 0 bridgehead atoms. The van der Waals surface area contributed by atoms with Crippen molar-refractivity contribution in [3.8, 4) is 22.6 Å². The summed E-state index contributed by atoms with van der Waals surface area (Å²) in [5.74, 6) is 0.123. The summed E-state index contributed by atoms with van der Waals surface area (Å²) in [7, 11) is 0. The third kappa shape index (κ3) is 9.06. The number of aliphatic hydroxyl groups excluding tert-OH is 1. The van der Waals surface area contributed by atoms with Crippen molar-refractivity contribution in [2.24, 2.45) is 0 Å². The van der Waals surface area contributed by atoms with Gasteiger partial charge >= 0.3 is 57.1 Å². The first-order valence-corrected chi connectivity index (χ1v) is 12.1. The number of carbonyl (C=O) groups excluding carboxylic acids is 1. The second-order valence-corrected chi connectivity index (χ2v) is 8.61. The molecule has 0 radical (unpaired) electrons. The van der Waals surface area contributed by atoms with Crippen molar-refractivity contribution in [3.05, 3.63) is 104 Å². The summed E-state index contributed by atoms with van der Waals surface area (Å²) in [4.78, 5) is 37.6. The van der Waals surface area contributed by atoms with Crippen molar-refractivity contribution in [2.45, 2.75) is 26.5 Å². The van der Waals surface area contributed by atoms with Crippen LogP contribution in [0.3, 0.4) is 0 Å². The molecule has 0 fully saturated rings. The molecular weight excluding hydrogens is 529 g/mol. The van der Waals surface area contributed by atoms with Crippen LogP contribution in [0.15, 0.2) is 80.8 Å². The molecule has 0 aliphatic carbocycles. The summed E-state index contributed by atoms with van der Waals surface area (Å²) >= 11 is 0. The molecule has 0 spiro atoms. The fourth-order valence-electron chi connectivity index (χ4n) is 3.80. The number of ether oxygens (including phenoxy) is 2. The second kappa shape index (κ2) is 15.0. The summed E-state index contributed by atoms with van der Waals surface area (Å²) in [6.45, 7) is 2.82. The number of aromatic nitrogens is 2. The van der Waals surface area contributed by atoms with Gasteiger partial charge in [-0.1, -0.05) is 36.4 Å². The zero-order valence-electron chi connectivity index (χ0n) is 21.9. The molecule has 0 saturated carbocycles. The molecule has 11 heteroatoms. The standard InChI is InChI=1S/C28H29N3O7.K/c1-19-14-24(37-18-26(33)29-12-3-13-32)10-11-25(19)22-5-2-4-21(15-22)17-36-23-8-6-20(7-9-23)16-31-27(34)30-28(35)38-31;/h2,4-11,14-15,32H,3,12-13,16-18H2,1H3,(H2,29,30,33,34,35);/q;+1/p-1. The average molecular weight is 558 g/mol. The number of carbonyl (C=O) groups is 1. The van der Waals surface area contributed by atoms with E-state index >= 15 is 0 Å². The first-order chi connectivity index (χ1) is 18.4. The number of aliphatic hydroxyl groups is 1. The van der Waals surface area contributed by atoms with Crippen LogP contribution in [0, 0.1) is 6.92 Å². The topological polar surface area (TPSA) is 134 Å². The van der Waals surface area contributed by atoms with E-state index in [0.29, 0.717) is 31.1 Å². The van der Waals surface area contributed by atoms with Gasteiger partial charge in [-0.2, -0.15) is 0 Å². The maximum absolute atomic E-state index is 11.8. The first-order valence-electron chi connectivity index (χ1n) is 12.1. The van der Waals surface area contributed by atoms with Gasteiger partial charge in [0.05, 0.1) is 0 Å². The minimum absolute atomic E-state index is 0. The maximum atomic E-state index is 11.8. The van der Waals surface area contributed by atoms with Gasteiger partial charge in [0.25, 0.3) is 5.91 Å². The molecule has 0 saturated heterocycles. The molecular formula is C28H28KN3O7. The number of hydrogen-bond acceptors (Lipinski definition) is 7. The predicted molar refractivity (Wildman–Crippen MR) is 139 cm³/mol. The minimum atomic E-state index is -0.910.